The van der Waals surface area contributed by atoms with Crippen molar-refractivity contribution in [2.24, 2.45) is 0 Å². The standard InChI is InChI=1S/C12H18N4OS/c1-16(2)12(17)10-5-6-11(15-14-10)13-8-9-4-3-7-18-9/h5-6,9H,3-4,7-8H2,1-2H3,(H,13,15). The highest BCUT2D eigenvalue weighted by Crippen LogP contribution is 2.25. The molecule has 2 rings (SSSR count). The Morgan fingerprint density at radius 3 is 2.89 bits per heavy atom. The van der Waals surface area contributed by atoms with Crippen LogP contribution in [0.3, 0.4) is 0 Å². The molecule has 0 aromatic carbocycles. The Labute approximate surface area is 111 Å². The van der Waals surface area contributed by atoms with Gasteiger partial charge in [-0.05, 0) is 30.7 Å². The summed E-state index contributed by atoms with van der Waals surface area (Å²) in [4.78, 5) is 13.1. The van der Waals surface area contributed by atoms with Crippen LogP contribution in [0.1, 0.15) is 23.3 Å². The predicted octanol–water partition coefficient (Wildman–Crippen LogP) is 1.49. The second-order valence-corrected chi connectivity index (χ2v) is 5.93. The molecule has 0 aliphatic carbocycles. The van der Waals surface area contributed by atoms with E-state index in [-0.39, 0.29) is 5.91 Å². The lowest BCUT2D eigenvalue weighted by molar-refractivity contribution is 0.0821. The van der Waals surface area contributed by atoms with E-state index in [0.717, 1.165) is 12.4 Å². The number of amides is 1. The second kappa shape index (κ2) is 6.04. The van der Waals surface area contributed by atoms with E-state index in [9.17, 15) is 4.79 Å². The zero-order chi connectivity index (χ0) is 13.0. The number of thioether (sulfide) groups is 1. The molecule has 1 amide bonds. The van der Waals surface area contributed by atoms with Gasteiger partial charge in [0.1, 0.15) is 5.82 Å². The smallest absolute Gasteiger partial charge is 0.273 e. The molecule has 1 aliphatic rings. The van der Waals surface area contributed by atoms with E-state index in [0.29, 0.717) is 10.9 Å². The van der Waals surface area contributed by atoms with Gasteiger partial charge in [0.15, 0.2) is 5.69 Å². The van der Waals surface area contributed by atoms with Crippen LogP contribution in [0, 0.1) is 0 Å². The molecule has 0 bridgehead atoms. The average molecular weight is 266 g/mol. The van der Waals surface area contributed by atoms with Gasteiger partial charge in [0.05, 0.1) is 0 Å². The fourth-order valence-corrected chi connectivity index (χ4v) is 2.99. The Morgan fingerprint density at radius 2 is 2.33 bits per heavy atom. The summed E-state index contributed by atoms with van der Waals surface area (Å²) in [6.07, 6.45) is 2.57. The fourth-order valence-electron chi connectivity index (χ4n) is 1.79. The van der Waals surface area contributed by atoms with Crippen LogP contribution in [0.2, 0.25) is 0 Å². The number of nitrogens with zero attached hydrogens (tertiary/aromatic N) is 3. The van der Waals surface area contributed by atoms with Crippen LogP contribution in [0.25, 0.3) is 0 Å². The third kappa shape index (κ3) is 3.35. The van der Waals surface area contributed by atoms with Gasteiger partial charge in [-0.3, -0.25) is 4.79 Å². The Morgan fingerprint density at radius 1 is 1.50 bits per heavy atom. The van der Waals surface area contributed by atoms with Crippen LogP contribution in [-0.4, -0.2) is 52.6 Å². The van der Waals surface area contributed by atoms with Gasteiger partial charge in [0.25, 0.3) is 5.91 Å². The van der Waals surface area contributed by atoms with Gasteiger partial charge < -0.3 is 10.2 Å². The number of rotatable bonds is 4. The number of hydrogen-bond acceptors (Lipinski definition) is 5. The Balaban J connectivity index is 1.89. The monoisotopic (exact) mass is 266 g/mol. The molecule has 1 unspecified atom stereocenters. The van der Waals surface area contributed by atoms with Crippen molar-refractivity contribution < 1.29 is 4.79 Å². The summed E-state index contributed by atoms with van der Waals surface area (Å²) in [6, 6.07) is 3.52. The van der Waals surface area contributed by atoms with Crippen LogP contribution >= 0.6 is 11.8 Å². The molecule has 2 heterocycles. The van der Waals surface area contributed by atoms with Crippen LogP contribution in [0.15, 0.2) is 12.1 Å². The minimum Gasteiger partial charge on any atom is -0.367 e. The molecule has 1 fully saturated rings. The van der Waals surface area contributed by atoms with Crippen molar-refractivity contribution in [3.05, 3.63) is 17.8 Å². The fraction of sp³-hybridized carbons (Fsp3) is 0.583. The highest BCUT2D eigenvalue weighted by Gasteiger charge is 2.15. The number of carbonyl (C=O) groups is 1. The predicted molar refractivity (Wildman–Crippen MR) is 74.0 cm³/mol. The summed E-state index contributed by atoms with van der Waals surface area (Å²) in [5.41, 5.74) is 0.376. The van der Waals surface area contributed by atoms with Crippen molar-refractivity contribution in [1.82, 2.24) is 15.1 Å². The zero-order valence-corrected chi connectivity index (χ0v) is 11.5. The van der Waals surface area contributed by atoms with Crippen molar-refractivity contribution in [2.45, 2.75) is 18.1 Å². The lowest BCUT2D eigenvalue weighted by atomic mass is 10.2. The number of carbonyl (C=O) groups excluding carboxylic acids is 1. The number of anilines is 1. The first-order valence-electron chi connectivity index (χ1n) is 6.07. The van der Waals surface area contributed by atoms with Crippen molar-refractivity contribution in [1.29, 1.82) is 0 Å². The summed E-state index contributed by atoms with van der Waals surface area (Å²) in [5.74, 6) is 1.87. The molecule has 1 aliphatic heterocycles. The highest BCUT2D eigenvalue weighted by atomic mass is 32.2. The van der Waals surface area contributed by atoms with E-state index in [2.05, 4.69) is 15.5 Å². The topological polar surface area (TPSA) is 58.1 Å². The van der Waals surface area contributed by atoms with Gasteiger partial charge in [-0.1, -0.05) is 0 Å². The van der Waals surface area contributed by atoms with Crippen molar-refractivity contribution >= 4 is 23.5 Å². The van der Waals surface area contributed by atoms with Crippen LogP contribution < -0.4 is 5.32 Å². The number of nitrogens with one attached hydrogen (secondary N) is 1. The SMILES string of the molecule is CN(C)C(=O)c1ccc(NCC2CCCS2)nn1. The normalized spacial score (nSPS) is 18.7. The van der Waals surface area contributed by atoms with E-state index >= 15 is 0 Å². The summed E-state index contributed by atoms with van der Waals surface area (Å²) < 4.78 is 0. The molecule has 5 nitrogen and oxygen atoms in total. The summed E-state index contributed by atoms with van der Waals surface area (Å²) in [7, 11) is 3.40. The lowest BCUT2D eigenvalue weighted by Gasteiger charge is -2.11. The van der Waals surface area contributed by atoms with E-state index < -0.39 is 0 Å². The van der Waals surface area contributed by atoms with Crippen LogP contribution in [0.5, 0.6) is 0 Å². The molecule has 98 valence electrons. The lowest BCUT2D eigenvalue weighted by Crippen LogP contribution is -2.23. The maximum absolute atomic E-state index is 11.6. The molecule has 0 saturated carbocycles. The Kier molecular flexibility index (Phi) is 4.41. The molecule has 1 N–H and O–H groups in total. The second-order valence-electron chi connectivity index (χ2n) is 4.52. The largest absolute Gasteiger partial charge is 0.367 e. The first-order chi connectivity index (χ1) is 8.66. The van der Waals surface area contributed by atoms with Gasteiger partial charge >= 0.3 is 0 Å². The first kappa shape index (κ1) is 13.1. The quantitative estimate of drug-likeness (QED) is 0.894. The minimum absolute atomic E-state index is 0.125. The van der Waals surface area contributed by atoms with E-state index in [4.69, 9.17) is 0 Å². The molecule has 0 spiro atoms. The van der Waals surface area contributed by atoms with Crippen LogP contribution in [0.4, 0.5) is 5.82 Å². The molecule has 1 aromatic rings. The van der Waals surface area contributed by atoms with Gasteiger partial charge in [-0.25, -0.2) is 0 Å². The first-order valence-corrected chi connectivity index (χ1v) is 7.12. The van der Waals surface area contributed by atoms with Crippen LogP contribution in [-0.2, 0) is 0 Å². The molecular formula is C12H18N4OS. The molecule has 6 heteroatoms. The van der Waals surface area contributed by atoms with E-state index in [1.54, 1.807) is 20.2 Å². The van der Waals surface area contributed by atoms with Crippen molar-refractivity contribution in [3.63, 3.8) is 0 Å². The maximum atomic E-state index is 11.6. The van der Waals surface area contributed by atoms with Gasteiger partial charge in [0.2, 0.25) is 0 Å². The maximum Gasteiger partial charge on any atom is 0.273 e. The third-order valence-electron chi connectivity index (χ3n) is 2.82. The zero-order valence-electron chi connectivity index (χ0n) is 10.7. The Hall–Kier alpha value is -1.30. The number of hydrogen-bond donors (Lipinski definition) is 1. The molecule has 18 heavy (non-hydrogen) atoms. The summed E-state index contributed by atoms with van der Waals surface area (Å²) >= 11 is 2.00. The molecule has 1 saturated heterocycles. The third-order valence-corrected chi connectivity index (χ3v) is 4.22. The number of aromatic nitrogens is 2. The average Bonchev–Trinajstić information content (AvgIpc) is 2.89. The summed E-state index contributed by atoms with van der Waals surface area (Å²) in [6.45, 7) is 0.917. The highest BCUT2D eigenvalue weighted by molar-refractivity contribution is 8.00. The van der Waals surface area contributed by atoms with E-state index in [1.165, 1.54) is 23.5 Å². The van der Waals surface area contributed by atoms with Gasteiger partial charge in [-0.2, -0.15) is 11.8 Å². The van der Waals surface area contributed by atoms with Crippen molar-refractivity contribution in [3.8, 4) is 0 Å². The molecule has 0 radical (unpaired) electrons. The van der Waals surface area contributed by atoms with Crippen molar-refractivity contribution in [2.75, 3.05) is 31.7 Å². The summed E-state index contributed by atoms with van der Waals surface area (Å²) in [5, 5.41) is 11.9. The van der Waals surface area contributed by atoms with Gasteiger partial charge in [-0.15, -0.1) is 10.2 Å². The minimum atomic E-state index is -0.125. The Bertz CT molecular complexity index is 401. The van der Waals surface area contributed by atoms with E-state index in [1.807, 2.05) is 17.8 Å². The molecular weight excluding hydrogens is 248 g/mol. The molecule has 1 aromatic heterocycles. The molecule has 1 atom stereocenters. The van der Waals surface area contributed by atoms with Gasteiger partial charge in [0, 0.05) is 25.9 Å².